The Morgan fingerprint density at radius 1 is 0.947 bits per heavy atom. The normalized spacial score (nSPS) is 12.8. The third kappa shape index (κ3) is 7.56. The van der Waals surface area contributed by atoms with E-state index in [1.165, 1.54) is 12.1 Å². The van der Waals surface area contributed by atoms with Crippen molar-refractivity contribution in [3.63, 3.8) is 0 Å². The Hall–Kier alpha value is -3.90. The monoisotopic (exact) mass is 545 g/mol. The number of amides is 1. The highest BCUT2D eigenvalue weighted by Gasteiger charge is 2.31. The maximum Gasteiger partial charge on any atom is 0.416 e. The Labute approximate surface area is 217 Å². The molecule has 0 saturated heterocycles. The Bertz CT molecular complexity index is 1460. The summed E-state index contributed by atoms with van der Waals surface area (Å²) < 4.78 is 66.9. The van der Waals surface area contributed by atoms with Crippen LogP contribution in [0.15, 0.2) is 78.9 Å². The fourth-order valence-corrected chi connectivity index (χ4v) is 5.03. The molecule has 4 rings (SSSR count). The van der Waals surface area contributed by atoms with Crippen LogP contribution in [0.4, 0.5) is 19.1 Å². The molecule has 38 heavy (non-hydrogen) atoms. The van der Waals surface area contributed by atoms with E-state index in [2.05, 4.69) is 25.3 Å². The molecule has 1 aromatic heterocycles. The second-order valence-electron chi connectivity index (χ2n) is 8.62. The third-order valence-electron chi connectivity index (χ3n) is 5.67. The maximum atomic E-state index is 13.3. The molecule has 0 radical (unpaired) electrons. The number of carbonyl (C=O) groups is 1. The number of aromatic nitrogens is 2. The molecule has 4 aromatic rings. The lowest BCUT2D eigenvalue weighted by Gasteiger charge is -2.20. The highest BCUT2D eigenvalue weighted by Crippen LogP contribution is 2.32. The first-order chi connectivity index (χ1) is 18.1. The number of H-pyrrole nitrogens is 1. The summed E-state index contributed by atoms with van der Waals surface area (Å²) in [5.41, 5.74) is 1.43. The number of sulfonamides is 1. The van der Waals surface area contributed by atoms with E-state index >= 15 is 0 Å². The van der Waals surface area contributed by atoms with Gasteiger partial charge >= 0.3 is 6.18 Å². The average molecular weight is 546 g/mol. The van der Waals surface area contributed by atoms with E-state index in [9.17, 15) is 26.4 Å². The summed E-state index contributed by atoms with van der Waals surface area (Å²) in [4.78, 5) is 20.2. The number of para-hydroxylation sites is 2. The Balaban J connectivity index is 1.40. The molecule has 0 aliphatic heterocycles. The molecule has 0 fully saturated rings. The van der Waals surface area contributed by atoms with Crippen LogP contribution in [0, 0.1) is 0 Å². The first-order valence-electron chi connectivity index (χ1n) is 11.8. The van der Waals surface area contributed by atoms with Gasteiger partial charge in [0, 0.05) is 13.1 Å². The molecule has 3 aromatic carbocycles. The van der Waals surface area contributed by atoms with E-state index in [4.69, 9.17) is 0 Å². The zero-order valence-corrected chi connectivity index (χ0v) is 20.9. The minimum Gasteiger partial charge on any atom is -0.355 e. The number of hydrogen-bond acceptors (Lipinski definition) is 5. The number of hydrogen-bond donors (Lipinski definition) is 4. The number of fused-ring (bicyclic) bond motifs is 1. The standard InChI is InChI=1S/C26H26F3N5O3S/c27-26(28,29)20-10-6-9-19(15-20)23(34-25-32-21-11-4-5-12-22(21)33-25)16-24(35)30-13-14-31-38(36,37)17-18-7-2-1-3-8-18/h1-12,15,23,31H,13-14,16-17H2,(H,30,35)(H2,32,33,34). The minimum absolute atomic E-state index is 0.00675. The van der Waals surface area contributed by atoms with Gasteiger partial charge in [-0.25, -0.2) is 18.1 Å². The van der Waals surface area contributed by atoms with Crippen molar-refractivity contribution in [1.29, 1.82) is 0 Å². The van der Waals surface area contributed by atoms with Crippen molar-refractivity contribution < 1.29 is 26.4 Å². The summed E-state index contributed by atoms with van der Waals surface area (Å²) in [6.45, 7) is -0.0288. The summed E-state index contributed by atoms with van der Waals surface area (Å²) in [6.07, 6.45) is -4.76. The second-order valence-corrected chi connectivity index (χ2v) is 10.4. The van der Waals surface area contributed by atoms with Crippen LogP contribution in [0.3, 0.4) is 0 Å². The number of rotatable bonds is 11. The van der Waals surface area contributed by atoms with Crippen LogP contribution in [0.25, 0.3) is 11.0 Å². The van der Waals surface area contributed by atoms with Gasteiger partial charge < -0.3 is 15.6 Å². The number of anilines is 1. The van der Waals surface area contributed by atoms with Crippen molar-refractivity contribution in [3.05, 3.63) is 95.6 Å². The van der Waals surface area contributed by atoms with Crippen LogP contribution in [0.2, 0.25) is 0 Å². The van der Waals surface area contributed by atoms with Crippen LogP contribution < -0.4 is 15.4 Å². The van der Waals surface area contributed by atoms with Crippen LogP contribution >= 0.6 is 0 Å². The summed E-state index contributed by atoms with van der Waals surface area (Å²) in [6, 6.07) is 19.8. The molecule has 1 heterocycles. The summed E-state index contributed by atoms with van der Waals surface area (Å²) in [5, 5.41) is 5.65. The molecule has 1 atom stereocenters. The van der Waals surface area contributed by atoms with E-state index in [1.54, 1.807) is 48.5 Å². The predicted molar refractivity (Wildman–Crippen MR) is 139 cm³/mol. The zero-order valence-electron chi connectivity index (χ0n) is 20.1. The van der Waals surface area contributed by atoms with Gasteiger partial charge in [0.1, 0.15) is 0 Å². The van der Waals surface area contributed by atoms with Crippen LogP contribution in [-0.4, -0.2) is 37.4 Å². The largest absolute Gasteiger partial charge is 0.416 e. The third-order valence-corrected chi connectivity index (χ3v) is 7.03. The molecule has 1 unspecified atom stereocenters. The summed E-state index contributed by atoms with van der Waals surface area (Å²) in [7, 11) is -3.60. The number of nitrogens with zero attached hydrogens (tertiary/aromatic N) is 1. The van der Waals surface area contributed by atoms with Crippen molar-refractivity contribution in [2.45, 2.75) is 24.4 Å². The molecule has 12 heteroatoms. The molecule has 0 saturated carbocycles. The minimum atomic E-state index is -4.54. The molecule has 200 valence electrons. The van der Waals surface area contributed by atoms with Gasteiger partial charge in [-0.15, -0.1) is 0 Å². The molecule has 4 N–H and O–H groups in total. The van der Waals surface area contributed by atoms with Gasteiger partial charge in [-0.3, -0.25) is 4.79 Å². The molecule has 0 aliphatic carbocycles. The van der Waals surface area contributed by atoms with Crippen molar-refractivity contribution in [2.75, 3.05) is 18.4 Å². The van der Waals surface area contributed by atoms with Crippen LogP contribution in [-0.2, 0) is 26.7 Å². The van der Waals surface area contributed by atoms with Crippen molar-refractivity contribution in [1.82, 2.24) is 20.0 Å². The average Bonchev–Trinajstić information content (AvgIpc) is 3.29. The first-order valence-corrected chi connectivity index (χ1v) is 13.4. The number of benzene rings is 3. The van der Waals surface area contributed by atoms with E-state index < -0.39 is 33.7 Å². The van der Waals surface area contributed by atoms with Gasteiger partial charge in [-0.2, -0.15) is 13.2 Å². The number of imidazole rings is 1. The Morgan fingerprint density at radius 3 is 2.42 bits per heavy atom. The van der Waals surface area contributed by atoms with E-state index in [0.29, 0.717) is 17.0 Å². The molecular formula is C26H26F3N5O3S. The highest BCUT2D eigenvalue weighted by atomic mass is 32.2. The number of aromatic amines is 1. The number of carbonyl (C=O) groups excluding carboxylic acids is 1. The van der Waals surface area contributed by atoms with Gasteiger partial charge in [0.2, 0.25) is 21.9 Å². The predicted octanol–water partition coefficient (Wildman–Crippen LogP) is 4.36. The van der Waals surface area contributed by atoms with Crippen molar-refractivity contribution in [3.8, 4) is 0 Å². The summed E-state index contributed by atoms with van der Waals surface area (Å²) >= 11 is 0. The van der Waals surface area contributed by atoms with E-state index in [-0.39, 0.29) is 30.8 Å². The van der Waals surface area contributed by atoms with Gasteiger partial charge in [-0.05, 0) is 35.4 Å². The smallest absolute Gasteiger partial charge is 0.355 e. The molecule has 8 nitrogen and oxygen atoms in total. The van der Waals surface area contributed by atoms with E-state index in [0.717, 1.165) is 17.6 Å². The molecule has 1 amide bonds. The molecule has 0 spiro atoms. The number of halogens is 3. The van der Waals surface area contributed by atoms with Gasteiger partial charge in [-0.1, -0.05) is 54.6 Å². The lowest BCUT2D eigenvalue weighted by atomic mass is 10.0. The quantitative estimate of drug-likeness (QED) is 0.209. The van der Waals surface area contributed by atoms with Gasteiger partial charge in [0.15, 0.2) is 0 Å². The lowest BCUT2D eigenvalue weighted by Crippen LogP contribution is -2.36. The number of alkyl halides is 3. The molecular weight excluding hydrogens is 519 g/mol. The van der Waals surface area contributed by atoms with E-state index in [1.807, 2.05) is 6.07 Å². The van der Waals surface area contributed by atoms with Gasteiger partial charge in [0.05, 0.1) is 34.8 Å². The highest BCUT2D eigenvalue weighted by molar-refractivity contribution is 7.88. The van der Waals surface area contributed by atoms with Crippen molar-refractivity contribution in [2.24, 2.45) is 0 Å². The maximum absolute atomic E-state index is 13.3. The topological polar surface area (TPSA) is 116 Å². The Kier molecular flexibility index (Phi) is 8.32. The fraction of sp³-hybridized carbons (Fsp3) is 0.231. The molecule has 0 bridgehead atoms. The Morgan fingerprint density at radius 2 is 1.68 bits per heavy atom. The molecule has 0 aliphatic rings. The second kappa shape index (κ2) is 11.7. The lowest BCUT2D eigenvalue weighted by molar-refractivity contribution is -0.137. The zero-order chi connectivity index (χ0) is 27.2. The fourth-order valence-electron chi connectivity index (χ4n) is 3.88. The summed E-state index contributed by atoms with van der Waals surface area (Å²) in [5.74, 6) is -0.366. The number of nitrogens with one attached hydrogen (secondary N) is 4. The van der Waals surface area contributed by atoms with Crippen LogP contribution in [0.5, 0.6) is 0 Å². The van der Waals surface area contributed by atoms with Crippen molar-refractivity contribution >= 4 is 32.9 Å². The first kappa shape index (κ1) is 27.1. The van der Waals surface area contributed by atoms with Gasteiger partial charge in [0.25, 0.3) is 0 Å². The SMILES string of the molecule is O=C(CC(Nc1nc2ccccc2[nH]1)c1cccc(C(F)(F)F)c1)NCCNS(=O)(=O)Cc1ccccc1. The van der Waals surface area contributed by atoms with Crippen LogP contribution in [0.1, 0.15) is 29.2 Å².